The molecule has 1 aromatic carbocycles. The van der Waals surface area contributed by atoms with Crippen LogP contribution in [0.25, 0.3) is 0 Å². The smallest absolute Gasteiger partial charge is 0.0845 e. The van der Waals surface area contributed by atoms with Crippen LogP contribution in [0.4, 0.5) is 0 Å². The van der Waals surface area contributed by atoms with Gasteiger partial charge in [-0.15, -0.1) is 0 Å². The van der Waals surface area contributed by atoms with Crippen molar-refractivity contribution in [1.82, 2.24) is 9.78 Å². The third-order valence-corrected chi connectivity index (χ3v) is 4.16. The number of benzene rings is 1. The van der Waals surface area contributed by atoms with Crippen molar-refractivity contribution in [1.29, 1.82) is 0 Å². The van der Waals surface area contributed by atoms with E-state index in [1.54, 1.807) is 0 Å². The van der Waals surface area contributed by atoms with Gasteiger partial charge in [-0.1, -0.05) is 31.2 Å². The van der Waals surface area contributed by atoms with E-state index in [1.165, 1.54) is 18.4 Å². The molecule has 3 rings (SSSR count). The molecule has 1 atom stereocenters. The lowest BCUT2D eigenvalue weighted by molar-refractivity contribution is 0.176. The van der Waals surface area contributed by atoms with Crippen LogP contribution >= 0.6 is 0 Å². The number of aryl methyl sites for hydroxylation is 2. The fourth-order valence-electron chi connectivity index (χ4n) is 2.66. The first-order valence-electron chi connectivity index (χ1n) is 7.47. The van der Waals surface area contributed by atoms with E-state index in [0.717, 1.165) is 29.3 Å². The van der Waals surface area contributed by atoms with Gasteiger partial charge in [0, 0.05) is 19.2 Å². The van der Waals surface area contributed by atoms with E-state index in [-0.39, 0.29) is 0 Å². The van der Waals surface area contributed by atoms with Crippen LogP contribution in [0.2, 0.25) is 0 Å². The molecule has 3 heteroatoms. The minimum absolute atomic E-state index is 0.455. The molecule has 0 aliphatic heterocycles. The summed E-state index contributed by atoms with van der Waals surface area (Å²) < 4.78 is 1.88. The van der Waals surface area contributed by atoms with Gasteiger partial charge in [-0.05, 0) is 42.4 Å². The van der Waals surface area contributed by atoms with Gasteiger partial charge < -0.3 is 5.11 Å². The van der Waals surface area contributed by atoms with Gasteiger partial charge in [0.1, 0.15) is 0 Å². The molecular weight excluding hydrogens is 248 g/mol. The third kappa shape index (κ3) is 2.78. The van der Waals surface area contributed by atoms with Gasteiger partial charge in [0.2, 0.25) is 0 Å². The Morgan fingerprint density at radius 1 is 1.30 bits per heavy atom. The Bertz CT molecular complexity index is 582. The summed E-state index contributed by atoms with van der Waals surface area (Å²) in [6, 6.07) is 10.5. The van der Waals surface area contributed by atoms with Crippen molar-refractivity contribution in [2.24, 2.45) is 7.05 Å². The second-order valence-electron chi connectivity index (χ2n) is 5.77. The molecule has 1 unspecified atom stereocenters. The van der Waals surface area contributed by atoms with E-state index in [0.29, 0.717) is 6.42 Å². The van der Waals surface area contributed by atoms with Crippen LogP contribution in [-0.4, -0.2) is 14.9 Å². The number of nitrogens with zero attached hydrogens (tertiary/aromatic N) is 2. The predicted molar refractivity (Wildman–Crippen MR) is 79.7 cm³/mol. The molecular formula is C17H22N2O. The Morgan fingerprint density at radius 3 is 2.55 bits per heavy atom. The molecule has 0 amide bonds. The molecule has 0 saturated heterocycles. The monoisotopic (exact) mass is 270 g/mol. The van der Waals surface area contributed by atoms with Gasteiger partial charge in [0.25, 0.3) is 0 Å². The average Bonchev–Trinajstić information content (AvgIpc) is 3.25. The minimum Gasteiger partial charge on any atom is -0.388 e. The Morgan fingerprint density at radius 2 is 2.00 bits per heavy atom. The molecule has 0 spiro atoms. The van der Waals surface area contributed by atoms with Crippen LogP contribution in [0.3, 0.4) is 0 Å². The Labute approximate surface area is 120 Å². The van der Waals surface area contributed by atoms with Crippen molar-refractivity contribution in [2.75, 3.05) is 0 Å². The lowest BCUT2D eigenvalue weighted by Gasteiger charge is -2.11. The summed E-state index contributed by atoms with van der Waals surface area (Å²) in [5, 5.41) is 14.8. The van der Waals surface area contributed by atoms with Crippen LogP contribution in [-0.2, 0) is 19.9 Å². The molecule has 1 fully saturated rings. The van der Waals surface area contributed by atoms with Crippen LogP contribution in [0, 0.1) is 0 Å². The number of aromatic nitrogens is 2. The van der Waals surface area contributed by atoms with Gasteiger partial charge in [-0.2, -0.15) is 5.10 Å². The zero-order chi connectivity index (χ0) is 14.1. The highest BCUT2D eigenvalue weighted by Crippen LogP contribution is 2.40. The summed E-state index contributed by atoms with van der Waals surface area (Å²) >= 11 is 0. The Kier molecular flexibility index (Phi) is 3.62. The van der Waals surface area contributed by atoms with Gasteiger partial charge in [-0.25, -0.2) is 0 Å². The largest absolute Gasteiger partial charge is 0.388 e. The van der Waals surface area contributed by atoms with Gasteiger partial charge >= 0.3 is 0 Å². The zero-order valence-corrected chi connectivity index (χ0v) is 12.2. The molecule has 1 aliphatic carbocycles. The topological polar surface area (TPSA) is 38.0 Å². The Balaban J connectivity index is 1.71. The quantitative estimate of drug-likeness (QED) is 0.906. The number of rotatable bonds is 5. The van der Waals surface area contributed by atoms with Crippen LogP contribution in [0.15, 0.2) is 30.3 Å². The molecule has 1 N–H and O–H groups in total. The van der Waals surface area contributed by atoms with Crippen molar-refractivity contribution < 1.29 is 5.11 Å². The first kappa shape index (κ1) is 13.4. The summed E-state index contributed by atoms with van der Waals surface area (Å²) in [5.41, 5.74) is 4.57. The molecule has 3 nitrogen and oxygen atoms in total. The van der Waals surface area contributed by atoms with Crippen molar-refractivity contribution in [3.8, 4) is 0 Å². The summed E-state index contributed by atoms with van der Waals surface area (Å²) in [5.74, 6) is 0.769. The van der Waals surface area contributed by atoms with E-state index in [1.807, 2.05) is 11.7 Å². The number of hydrogen-bond donors (Lipinski definition) is 1. The molecule has 1 aromatic heterocycles. The van der Waals surface area contributed by atoms with E-state index >= 15 is 0 Å². The van der Waals surface area contributed by atoms with Crippen LogP contribution in [0.1, 0.15) is 54.3 Å². The fourth-order valence-corrected chi connectivity index (χ4v) is 2.66. The summed E-state index contributed by atoms with van der Waals surface area (Å²) in [7, 11) is 1.94. The highest BCUT2D eigenvalue weighted by Gasteiger charge is 2.23. The van der Waals surface area contributed by atoms with Gasteiger partial charge in [-0.3, -0.25) is 4.68 Å². The second-order valence-corrected chi connectivity index (χ2v) is 5.77. The average molecular weight is 270 g/mol. The first-order valence-corrected chi connectivity index (χ1v) is 7.47. The molecule has 1 saturated carbocycles. The summed E-state index contributed by atoms with van der Waals surface area (Å²) in [6.45, 7) is 2.10. The van der Waals surface area contributed by atoms with Crippen LogP contribution in [0.5, 0.6) is 0 Å². The van der Waals surface area contributed by atoms with E-state index in [9.17, 15) is 5.11 Å². The molecule has 1 aliphatic rings. The second kappa shape index (κ2) is 5.41. The third-order valence-electron chi connectivity index (χ3n) is 4.16. The number of hydrogen-bond acceptors (Lipinski definition) is 2. The lowest BCUT2D eigenvalue weighted by Crippen LogP contribution is -2.06. The number of aliphatic hydroxyl groups excluding tert-OH is 1. The highest BCUT2D eigenvalue weighted by atomic mass is 16.3. The molecule has 1 heterocycles. The molecule has 20 heavy (non-hydrogen) atoms. The fraction of sp³-hybridized carbons (Fsp3) is 0.471. The van der Waals surface area contributed by atoms with E-state index in [2.05, 4.69) is 42.4 Å². The first-order chi connectivity index (χ1) is 9.67. The summed E-state index contributed by atoms with van der Waals surface area (Å²) in [4.78, 5) is 0. The van der Waals surface area contributed by atoms with Crippen LogP contribution < -0.4 is 0 Å². The molecule has 0 radical (unpaired) electrons. The lowest BCUT2D eigenvalue weighted by atomic mass is 10.0. The normalized spacial score (nSPS) is 16.4. The molecule has 0 bridgehead atoms. The summed E-state index contributed by atoms with van der Waals surface area (Å²) in [6.07, 6.45) is 3.73. The number of aliphatic hydroxyl groups is 1. The predicted octanol–water partition coefficient (Wildman–Crippen LogP) is 3.14. The zero-order valence-electron chi connectivity index (χ0n) is 12.2. The maximum Gasteiger partial charge on any atom is 0.0845 e. The minimum atomic E-state index is -0.455. The van der Waals surface area contributed by atoms with E-state index < -0.39 is 6.10 Å². The Hall–Kier alpha value is -1.61. The SMILES string of the molecule is CCc1cc(CC(O)c2ccc(C3CC3)cc2)n(C)n1. The van der Waals surface area contributed by atoms with Crippen molar-refractivity contribution in [2.45, 2.75) is 44.6 Å². The molecule has 2 aromatic rings. The molecule has 106 valence electrons. The highest BCUT2D eigenvalue weighted by molar-refractivity contribution is 5.29. The van der Waals surface area contributed by atoms with Gasteiger partial charge in [0.15, 0.2) is 0 Å². The van der Waals surface area contributed by atoms with Crippen molar-refractivity contribution in [3.63, 3.8) is 0 Å². The van der Waals surface area contributed by atoms with Gasteiger partial charge in [0.05, 0.1) is 11.8 Å². The maximum atomic E-state index is 10.4. The van der Waals surface area contributed by atoms with E-state index in [4.69, 9.17) is 0 Å². The standard InChI is InChI=1S/C17H22N2O/c1-3-15-10-16(19(2)18-15)11-17(20)14-8-6-13(7-9-14)12-4-5-12/h6-10,12,17,20H,3-5,11H2,1-2H3. The van der Waals surface area contributed by atoms with Crippen molar-refractivity contribution >= 4 is 0 Å². The van der Waals surface area contributed by atoms with Crippen molar-refractivity contribution in [3.05, 3.63) is 52.8 Å². The maximum absolute atomic E-state index is 10.4.